The smallest absolute Gasteiger partial charge is 0.00790 e. The number of allylic oxidation sites excluding steroid dienone is 3. The Morgan fingerprint density at radius 1 is 0.923 bits per heavy atom. The zero-order valence-electron chi connectivity index (χ0n) is 16.1. The molecular weight excluding hydrogens is 312 g/mol. The van der Waals surface area contributed by atoms with Gasteiger partial charge in [0.1, 0.15) is 0 Å². The summed E-state index contributed by atoms with van der Waals surface area (Å²) in [4.78, 5) is 0. The number of aryl methyl sites for hydroxylation is 1. The minimum absolute atomic E-state index is 0.871. The van der Waals surface area contributed by atoms with Gasteiger partial charge >= 0.3 is 0 Å². The fourth-order valence-corrected chi connectivity index (χ4v) is 4.85. The summed E-state index contributed by atoms with van der Waals surface area (Å²) in [5.41, 5.74) is 9.78. The van der Waals surface area contributed by atoms with Crippen LogP contribution in [0.4, 0.5) is 0 Å². The van der Waals surface area contributed by atoms with Crippen molar-refractivity contribution in [2.24, 2.45) is 5.92 Å². The second-order valence-corrected chi connectivity index (χ2v) is 8.12. The van der Waals surface area contributed by atoms with Gasteiger partial charge in [-0.15, -0.1) is 0 Å². The molecule has 0 saturated heterocycles. The summed E-state index contributed by atoms with van der Waals surface area (Å²) in [7, 11) is 0. The molecule has 26 heavy (non-hydrogen) atoms. The Morgan fingerprint density at radius 3 is 2.38 bits per heavy atom. The Hall–Kier alpha value is -2.08. The maximum Gasteiger partial charge on any atom is -0.00790 e. The molecule has 1 fully saturated rings. The van der Waals surface area contributed by atoms with Crippen molar-refractivity contribution in [3.63, 3.8) is 0 Å². The molecule has 0 amide bonds. The van der Waals surface area contributed by atoms with Crippen LogP contribution in [0, 0.1) is 12.8 Å². The number of hydrogen-bond acceptors (Lipinski definition) is 0. The van der Waals surface area contributed by atoms with Crippen molar-refractivity contribution in [2.45, 2.75) is 58.3 Å². The van der Waals surface area contributed by atoms with Crippen LogP contribution >= 0.6 is 0 Å². The molecule has 2 aromatic rings. The summed E-state index contributed by atoms with van der Waals surface area (Å²) in [5.74, 6) is 0.871. The molecule has 0 aliphatic heterocycles. The predicted octanol–water partition coefficient (Wildman–Crippen LogP) is 7.16. The van der Waals surface area contributed by atoms with E-state index in [1.165, 1.54) is 72.8 Å². The number of rotatable bonds is 3. The summed E-state index contributed by atoms with van der Waals surface area (Å²) in [6.45, 7) is 6.77. The molecule has 0 heteroatoms. The molecule has 2 aliphatic carbocycles. The quantitative estimate of drug-likeness (QED) is 0.519. The van der Waals surface area contributed by atoms with Gasteiger partial charge in [-0.05, 0) is 64.6 Å². The molecule has 4 rings (SSSR count). The summed E-state index contributed by atoms with van der Waals surface area (Å²) in [5, 5.41) is 0. The molecule has 2 aliphatic rings. The van der Waals surface area contributed by atoms with E-state index in [0.29, 0.717) is 0 Å². The predicted molar refractivity (Wildman–Crippen MR) is 113 cm³/mol. The fourth-order valence-electron chi connectivity index (χ4n) is 4.85. The zero-order valence-corrected chi connectivity index (χ0v) is 16.1. The van der Waals surface area contributed by atoms with Crippen LogP contribution in [0.1, 0.15) is 66.3 Å². The van der Waals surface area contributed by atoms with Gasteiger partial charge in [-0.25, -0.2) is 0 Å². The summed E-state index contributed by atoms with van der Waals surface area (Å²) in [6, 6.07) is 15.3. The van der Waals surface area contributed by atoms with E-state index in [9.17, 15) is 0 Å². The van der Waals surface area contributed by atoms with E-state index in [1.807, 2.05) is 0 Å². The molecule has 0 spiro atoms. The highest BCUT2D eigenvalue weighted by Gasteiger charge is 2.22. The van der Waals surface area contributed by atoms with Crippen molar-refractivity contribution in [3.05, 3.63) is 82.9 Å². The number of hydrogen-bond donors (Lipinski definition) is 0. The lowest BCUT2D eigenvalue weighted by Crippen LogP contribution is -2.11. The molecule has 0 unspecified atom stereocenters. The van der Waals surface area contributed by atoms with E-state index in [4.69, 9.17) is 0 Å². The molecular formula is C26H30. The summed E-state index contributed by atoms with van der Waals surface area (Å²) in [6.07, 6.45) is 13.2. The topological polar surface area (TPSA) is 0 Å². The third-order valence-corrected chi connectivity index (χ3v) is 6.38. The van der Waals surface area contributed by atoms with Crippen LogP contribution in [0.2, 0.25) is 0 Å². The maximum atomic E-state index is 4.48. The van der Waals surface area contributed by atoms with Crippen LogP contribution in [0.3, 0.4) is 0 Å². The molecule has 0 radical (unpaired) electrons. The molecule has 0 heterocycles. The second-order valence-electron chi connectivity index (χ2n) is 8.12. The highest BCUT2D eigenvalue weighted by atomic mass is 14.3. The second kappa shape index (κ2) is 7.66. The Bertz CT molecular complexity index is 815. The standard InChI is InChI=1S/C26H30/c1-19-14-15-24-20(2)23(22-12-8-5-9-13-22)16-17-25(24)26(19)18-21-10-6-3-4-7-11-21/h5,8-9,12-16,21H,2-4,6-7,10-11,17-18H2,1H3. The number of fused-ring (bicyclic) bond motifs is 1. The molecule has 1 saturated carbocycles. The van der Waals surface area contributed by atoms with Gasteiger partial charge in [0.25, 0.3) is 0 Å². The largest absolute Gasteiger partial charge is 0.0905 e. The Kier molecular flexibility index (Phi) is 5.11. The third kappa shape index (κ3) is 3.43. The molecule has 0 aromatic heterocycles. The first-order chi connectivity index (χ1) is 12.7. The molecule has 0 nitrogen and oxygen atoms in total. The van der Waals surface area contributed by atoms with E-state index in [2.05, 4.69) is 62.0 Å². The van der Waals surface area contributed by atoms with Gasteiger partial charge in [-0.2, -0.15) is 0 Å². The molecule has 0 bridgehead atoms. The highest BCUT2D eigenvalue weighted by Crippen LogP contribution is 2.39. The average Bonchev–Trinajstić information content (AvgIpc) is 2.94. The van der Waals surface area contributed by atoms with Gasteiger partial charge in [0.05, 0.1) is 0 Å². The van der Waals surface area contributed by atoms with Crippen molar-refractivity contribution in [1.82, 2.24) is 0 Å². The fraction of sp³-hybridized carbons (Fsp3) is 0.385. The van der Waals surface area contributed by atoms with E-state index in [-0.39, 0.29) is 0 Å². The van der Waals surface area contributed by atoms with Crippen LogP contribution < -0.4 is 0 Å². The van der Waals surface area contributed by atoms with E-state index >= 15 is 0 Å². The van der Waals surface area contributed by atoms with Gasteiger partial charge in [-0.3, -0.25) is 0 Å². The van der Waals surface area contributed by atoms with Gasteiger partial charge in [-0.1, -0.05) is 93.6 Å². The zero-order chi connectivity index (χ0) is 17.9. The highest BCUT2D eigenvalue weighted by molar-refractivity contribution is 6.06. The van der Waals surface area contributed by atoms with Crippen LogP contribution in [0.25, 0.3) is 11.1 Å². The first-order valence-electron chi connectivity index (χ1n) is 10.3. The van der Waals surface area contributed by atoms with Gasteiger partial charge in [0.2, 0.25) is 0 Å². The normalized spacial score (nSPS) is 18.2. The lowest BCUT2D eigenvalue weighted by atomic mass is 9.79. The van der Waals surface area contributed by atoms with Crippen LogP contribution in [0.5, 0.6) is 0 Å². The average molecular weight is 343 g/mol. The minimum Gasteiger partial charge on any atom is -0.0905 e. The molecule has 0 N–H and O–H groups in total. The van der Waals surface area contributed by atoms with Crippen molar-refractivity contribution in [2.75, 3.05) is 0 Å². The number of benzene rings is 2. The van der Waals surface area contributed by atoms with Crippen molar-refractivity contribution >= 4 is 11.1 Å². The Morgan fingerprint density at radius 2 is 1.65 bits per heavy atom. The molecule has 0 atom stereocenters. The van der Waals surface area contributed by atoms with Gasteiger partial charge in [0, 0.05) is 0 Å². The van der Waals surface area contributed by atoms with Gasteiger partial charge < -0.3 is 0 Å². The SMILES string of the molecule is C=C1C(c2ccccc2)=CCc2c1ccc(C)c2CC1CCCCCC1. The van der Waals surface area contributed by atoms with Crippen molar-refractivity contribution in [3.8, 4) is 0 Å². The van der Waals surface area contributed by atoms with E-state index in [0.717, 1.165) is 12.3 Å². The first-order valence-corrected chi connectivity index (χ1v) is 10.3. The lowest BCUT2D eigenvalue weighted by Gasteiger charge is -2.26. The maximum absolute atomic E-state index is 4.48. The lowest BCUT2D eigenvalue weighted by molar-refractivity contribution is 0.456. The first kappa shape index (κ1) is 17.3. The summed E-state index contributed by atoms with van der Waals surface area (Å²) >= 11 is 0. The van der Waals surface area contributed by atoms with Gasteiger partial charge in [0.15, 0.2) is 0 Å². The molecule has 2 aromatic carbocycles. The van der Waals surface area contributed by atoms with Crippen molar-refractivity contribution < 1.29 is 0 Å². The monoisotopic (exact) mass is 342 g/mol. The molecule has 134 valence electrons. The van der Waals surface area contributed by atoms with E-state index in [1.54, 1.807) is 11.1 Å². The minimum atomic E-state index is 0.871. The Balaban J connectivity index is 1.65. The van der Waals surface area contributed by atoms with Crippen molar-refractivity contribution in [1.29, 1.82) is 0 Å². The Labute approximate surface area is 158 Å². The van der Waals surface area contributed by atoms with Crippen LogP contribution in [-0.4, -0.2) is 0 Å². The van der Waals surface area contributed by atoms with Crippen LogP contribution in [-0.2, 0) is 12.8 Å². The van der Waals surface area contributed by atoms with Crippen LogP contribution in [0.15, 0.2) is 55.1 Å². The summed E-state index contributed by atoms with van der Waals surface area (Å²) < 4.78 is 0. The van der Waals surface area contributed by atoms with E-state index < -0.39 is 0 Å². The third-order valence-electron chi connectivity index (χ3n) is 6.38.